The summed E-state index contributed by atoms with van der Waals surface area (Å²) in [5, 5.41) is 2.73. The first-order valence-electron chi connectivity index (χ1n) is 8.97. The summed E-state index contributed by atoms with van der Waals surface area (Å²) in [6, 6.07) is 11.9. The van der Waals surface area contributed by atoms with Crippen molar-refractivity contribution in [2.45, 2.75) is 30.8 Å². The summed E-state index contributed by atoms with van der Waals surface area (Å²) >= 11 is 1.35. The van der Waals surface area contributed by atoms with Crippen LogP contribution in [0, 0.1) is 17.7 Å². The number of ether oxygens (including phenoxy) is 2. The Balaban J connectivity index is 1.38. The number of carbonyl (C=O) groups excluding carboxylic acids is 1. The van der Waals surface area contributed by atoms with Gasteiger partial charge in [-0.25, -0.2) is 4.39 Å². The molecule has 0 saturated heterocycles. The van der Waals surface area contributed by atoms with E-state index >= 15 is 0 Å². The SMILES string of the molecule is CC1(C)Cc2cccc(OCC#CCNC(=O)CSc3ccc(F)cc3)c2O1. The van der Waals surface area contributed by atoms with Crippen LogP contribution in [0.3, 0.4) is 0 Å². The zero-order valence-corrected chi connectivity index (χ0v) is 16.7. The highest BCUT2D eigenvalue weighted by atomic mass is 32.2. The summed E-state index contributed by atoms with van der Waals surface area (Å²) < 4.78 is 24.5. The fourth-order valence-electron chi connectivity index (χ4n) is 2.80. The number of nitrogens with one attached hydrogen (secondary N) is 1. The Hall–Kier alpha value is -2.65. The molecule has 1 aliphatic heterocycles. The molecule has 6 heteroatoms. The van der Waals surface area contributed by atoms with Crippen LogP contribution in [0.4, 0.5) is 4.39 Å². The minimum Gasteiger partial charge on any atom is -0.483 e. The molecule has 1 amide bonds. The maximum absolute atomic E-state index is 12.8. The number of amides is 1. The molecule has 0 saturated carbocycles. The third kappa shape index (κ3) is 5.67. The molecular formula is C22H22FNO3S. The number of para-hydroxylation sites is 1. The monoisotopic (exact) mass is 399 g/mol. The highest BCUT2D eigenvalue weighted by Crippen LogP contribution is 2.41. The van der Waals surface area contributed by atoms with E-state index in [0.29, 0.717) is 5.75 Å². The van der Waals surface area contributed by atoms with Gasteiger partial charge in [0.1, 0.15) is 18.0 Å². The van der Waals surface area contributed by atoms with Crippen LogP contribution in [-0.2, 0) is 11.2 Å². The molecule has 0 bridgehead atoms. The van der Waals surface area contributed by atoms with Gasteiger partial charge < -0.3 is 14.8 Å². The standard InChI is InChI=1S/C22H22FNO3S/c1-22(2)14-16-6-5-7-19(21(16)27-22)26-13-4-3-12-24-20(25)15-28-18-10-8-17(23)9-11-18/h5-11H,12-15H2,1-2H3,(H,24,25). The van der Waals surface area contributed by atoms with Crippen molar-refractivity contribution in [1.29, 1.82) is 0 Å². The van der Waals surface area contributed by atoms with Gasteiger partial charge in [0.05, 0.1) is 12.3 Å². The average Bonchev–Trinajstić information content (AvgIpc) is 2.98. The molecule has 0 spiro atoms. The van der Waals surface area contributed by atoms with Gasteiger partial charge in [-0.15, -0.1) is 11.8 Å². The van der Waals surface area contributed by atoms with E-state index in [1.54, 1.807) is 12.1 Å². The first-order valence-corrected chi connectivity index (χ1v) is 9.96. The Kier molecular flexibility index (Phi) is 6.48. The molecule has 0 fully saturated rings. The van der Waals surface area contributed by atoms with Gasteiger partial charge in [0.25, 0.3) is 0 Å². The smallest absolute Gasteiger partial charge is 0.231 e. The Morgan fingerprint density at radius 1 is 1.25 bits per heavy atom. The highest BCUT2D eigenvalue weighted by Gasteiger charge is 2.32. The molecule has 146 valence electrons. The van der Waals surface area contributed by atoms with Crippen LogP contribution in [-0.4, -0.2) is 30.4 Å². The highest BCUT2D eigenvalue weighted by molar-refractivity contribution is 8.00. The fraction of sp³-hybridized carbons (Fsp3) is 0.318. The lowest BCUT2D eigenvalue weighted by Crippen LogP contribution is -2.25. The quantitative estimate of drug-likeness (QED) is 0.592. The van der Waals surface area contributed by atoms with E-state index in [4.69, 9.17) is 9.47 Å². The minimum atomic E-state index is -0.290. The summed E-state index contributed by atoms with van der Waals surface area (Å²) in [5.41, 5.74) is 0.922. The summed E-state index contributed by atoms with van der Waals surface area (Å²) in [4.78, 5) is 12.6. The maximum Gasteiger partial charge on any atom is 0.231 e. The summed E-state index contributed by atoms with van der Waals surface area (Å²) in [6.07, 6.45) is 0.854. The Labute approximate surface area is 168 Å². The van der Waals surface area contributed by atoms with Crippen LogP contribution in [0.2, 0.25) is 0 Å². The number of thioether (sulfide) groups is 1. The van der Waals surface area contributed by atoms with Crippen LogP contribution in [0.5, 0.6) is 11.5 Å². The molecule has 4 nitrogen and oxygen atoms in total. The first kappa shape index (κ1) is 20.1. The van der Waals surface area contributed by atoms with Crippen molar-refractivity contribution < 1.29 is 18.7 Å². The second-order valence-corrected chi connectivity index (χ2v) is 7.99. The predicted molar refractivity (Wildman–Crippen MR) is 108 cm³/mol. The molecule has 0 radical (unpaired) electrons. The van der Waals surface area contributed by atoms with Gasteiger partial charge in [-0.2, -0.15) is 0 Å². The number of carbonyl (C=O) groups is 1. The van der Waals surface area contributed by atoms with E-state index in [2.05, 4.69) is 17.2 Å². The number of rotatable bonds is 6. The van der Waals surface area contributed by atoms with E-state index in [1.807, 2.05) is 32.0 Å². The van der Waals surface area contributed by atoms with Gasteiger partial charge in [0.15, 0.2) is 11.5 Å². The molecule has 2 aromatic rings. The Morgan fingerprint density at radius 3 is 2.82 bits per heavy atom. The lowest BCUT2D eigenvalue weighted by molar-refractivity contribution is -0.118. The van der Waals surface area contributed by atoms with Crippen LogP contribution >= 0.6 is 11.8 Å². The topological polar surface area (TPSA) is 47.6 Å². The van der Waals surface area contributed by atoms with Crippen LogP contribution < -0.4 is 14.8 Å². The molecule has 0 aliphatic carbocycles. The number of halogens is 1. The largest absolute Gasteiger partial charge is 0.483 e. The average molecular weight is 399 g/mol. The molecule has 0 unspecified atom stereocenters. The fourth-order valence-corrected chi connectivity index (χ4v) is 3.53. The van der Waals surface area contributed by atoms with Crippen LogP contribution in [0.1, 0.15) is 19.4 Å². The van der Waals surface area contributed by atoms with Crippen molar-refractivity contribution in [3.05, 3.63) is 53.8 Å². The van der Waals surface area contributed by atoms with Crippen molar-refractivity contribution in [1.82, 2.24) is 5.32 Å². The minimum absolute atomic E-state index is 0.124. The molecule has 2 aromatic carbocycles. The van der Waals surface area contributed by atoms with Gasteiger partial charge >= 0.3 is 0 Å². The van der Waals surface area contributed by atoms with Crippen molar-refractivity contribution in [2.75, 3.05) is 18.9 Å². The van der Waals surface area contributed by atoms with E-state index in [1.165, 1.54) is 23.9 Å². The molecule has 0 atom stereocenters. The molecular weight excluding hydrogens is 377 g/mol. The molecule has 28 heavy (non-hydrogen) atoms. The normalized spacial score (nSPS) is 13.7. The molecule has 1 heterocycles. The molecule has 1 N–H and O–H groups in total. The first-order chi connectivity index (χ1) is 13.4. The molecule has 1 aliphatic rings. The zero-order valence-electron chi connectivity index (χ0n) is 15.9. The van der Waals surface area contributed by atoms with Gasteiger partial charge in [0, 0.05) is 16.9 Å². The predicted octanol–water partition coefficient (Wildman–Crippen LogP) is 3.83. The van der Waals surface area contributed by atoms with Gasteiger partial charge in [-0.1, -0.05) is 24.0 Å². The van der Waals surface area contributed by atoms with E-state index < -0.39 is 0 Å². The number of fused-ring (bicyclic) bond motifs is 1. The Bertz CT molecular complexity index is 900. The van der Waals surface area contributed by atoms with Crippen LogP contribution in [0.25, 0.3) is 0 Å². The van der Waals surface area contributed by atoms with Crippen molar-refractivity contribution in [3.63, 3.8) is 0 Å². The zero-order chi connectivity index (χ0) is 20.0. The Morgan fingerprint density at radius 2 is 2.04 bits per heavy atom. The summed E-state index contributed by atoms with van der Waals surface area (Å²) in [7, 11) is 0. The lowest BCUT2D eigenvalue weighted by atomic mass is 10.0. The molecule has 0 aromatic heterocycles. The third-order valence-corrected chi connectivity index (χ3v) is 5.05. The second-order valence-electron chi connectivity index (χ2n) is 6.94. The third-order valence-electron chi connectivity index (χ3n) is 4.04. The maximum atomic E-state index is 12.8. The summed E-state index contributed by atoms with van der Waals surface area (Å²) in [6.45, 7) is 4.57. The van der Waals surface area contributed by atoms with E-state index in [9.17, 15) is 9.18 Å². The number of hydrogen-bond donors (Lipinski definition) is 1. The van der Waals surface area contributed by atoms with Crippen LogP contribution in [0.15, 0.2) is 47.4 Å². The van der Waals surface area contributed by atoms with Crippen molar-refractivity contribution in [2.24, 2.45) is 0 Å². The van der Waals surface area contributed by atoms with Crippen molar-refractivity contribution >= 4 is 17.7 Å². The second kappa shape index (κ2) is 9.03. The van der Waals surface area contributed by atoms with E-state index in [-0.39, 0.29) is 36.2 Å². The van der Waals surface area contributed by atoms with E-state index in [0.717, 1.165) is 22.6 Å². The number of benzene rings is 2. The van der Waals surface area contributed by atoms with Crippen molar-refractivity contribution in [3.8, 4) is 23.3 Å². The number of hydrogen-bond acceptors (Lipinski definition) is 4. The van der Waals surface area contributed by atoms with Gasteiger partial charge in [-0.05, 0) is 44.2 Å². The van der Waals surface area contributed by atoms with Gasteiger partial charge in [0.2, 0.25) is 5.91 Å². The summed E-state index contributed by atoms with van der Waals surface area (Å²) in [5.74, 6) is 7.09. The lowest BCUT2D eigenvalue weighted by Gasteiger charge is -2.17. The van der Waals surface area contributed by atoms with Gasteiger partial charge in [-0.3, -0.25) is 4.79 Å². The molecule has 3 rings (SSSR count).